The maximum Gasteiger partial charge on any atom is 0.326 e. The summed E-state index contributed by atoms with van der Waals surface area (Å²) in [6.45, 7) is 4.82. The third kappa shape index (κ3) is 30.0. The van der Waals surface area contributed by atoms with Gasteiger partial charge in [-0.25, -0.2) is 4.79 Å². The van der Waals surface area contributed by atoms with Crippen LogP contribution in [0.15, 0.2) is 36.5 Å². The molecule has 7 heteroatoms. The highest BCUT2D eigenvalue weighted by molar-refractivity contribution is 5.83. The van der Waals surface area contributed by atoms with Crippen LogP contribution in [-0.4, -0.2) is 41.6 Å². The molecule has 0 saturated heterocycles. The molecular formula is C38H68N2O5. The number of nitrogens with one attached hydrogen (secondary N) is 1. The Hall–Kier alpha value is -2.41. The highest BCUT2D eigenvalue weighted by Crippen LogP contribution is 2.15. The number of allylic oxidation sites excluding steroid dienone is 5. The van der Waals surface area contributed by atoms with Crippen LogP contribution in [0.4, 0.5) is 0 Å². The summed E-state index contributed by atoms with van der Waals surface area (Å²) in [5.74, 6) is -1.36. The molecule has 0 aromatic heterocycles. The van der Waals surface area contributed by atoms with E-state index in [2.05, 4.69) is 49.5 Å². The molecule has 0 saturated carbocycles. The van der Waals surface area contributed by atoms with Crippen LogP contribution in [0.5, 0.6) is 0 Å². The Morgan fingerprint density at radius 2 is 1.24 bits per heavy atom. The van der Waals surface area contributed by atoms with Gasteiger partial charge in [-0.1, -0.05) is 108 Å². The first-order valence-corrected chi connectivity index (χ1v) is 18.3. The van der Waals surface area contributed by atoms with E-state index in [1.54, 1.807) is 0 Å². The first-order valence-electron chi connectivity index (χ1n) is 18.3. The van der Waals surface area contributed by atoms with Gasteiger partial charge in [-0.05, 0) is 89.7 Å². The fourth-order valence-corrected chi connectivity index (χ4v) is 5.08. The lowest BCUT2D eigenvalue weighted by atomic mass is 10.1. The van der Waals surface area contributed by atoms with Gasteiger partial charge in [0.25, 0.3) is 0 Å². The van der Waals surface area contributed by atoms with Gasteiger partial charge in [0.15, 0.2) is 0 Å². The van der Waals surface area contributed by atoms with E-state index in [-0.39, 0.29) is 18.0 Å². The molecule has 4 N–H and O–H groups in total. The van der Waals surface area contributed by atoms with E-state index < -0.39 is 12.0 Å². The molecule has 0 aliphatic carbocycles. The van der Waals surface area contributed by atoms with Crippen molar-refractivity contribution in [3.05, 3.63) is 36.5 Å². The van der Waals surface area contributed by atoms with Crippen molar-refractivity contribution in [2.75, 3.05) is 6.54 Å². The highest BCUT2D eigenvalue weighted by atomic mass is 16.5. The number of esters is 1. The standard InChI is InChI=1S/C38H68N2O5/c1-3-5-7-9-10-11-12-13-14-15-16-17-18-19-20-26-32-37(42)45-34(28-23-8-6-4-2)29-24-21-22-25-31-36(41)40-35(38(43)44)30-27-33-39/h11-12,14-15,23,28,34-35H,3-10,13,16-22,24-27,29-33,39H2,1-2H3,(H,40,41)(H,43,44)/b12-11-,15-14-,28-23-. The Kier molecular flexibility index (Phi) is 31.2. The number of ether oxygens (including phenoxy) is 1. The van der Waals surface area contributed by atoms with Crippen molar-refractivity contribution < 1.29 is 24.2 Å². The number of carbonyl (C=O) groups is 3. The Labute approximate surface area is 275 Å². The molecule has 45 heavy (non-hydrogen) atoms. The van der Waals surface area contributed by atoms with E-state index in [4.69, 9.17) is 10.5 Å². The number of aliphatic carboxylic acids is 1. The second-order valence-corrected chi connectivity index (χ2v) is 12.3. The predicted octanol–water partition coefficient (Wildman–Crippen LogP) is 9.50. The zero-order valence-electron chi connectivity index (χ0n) is 29.0. The van der Waals surface area contributed by atoms with E-state index in [0.717, 1.165) is 77.0 Å². The Morgan fingerprint density at radius 3 is 1.89 bits per heavy atom. The average Bonchev–Trinajstić information content (AvgIpc) is 3.02. The van der Waals surface area contributed by atoms with Gasteiger partial charge in [-0.3, -0.25) is 9.59 Å². The number of unbranched alkanes of at least 4 members (excludes halogenated alkanes) is 14. The minimum atomic E-state index is -1.02. The van der Waals surface area contributed by atoms with Gasteiger partial charge < -0.3 is 20.9 Å². The van der Waals surface area contributed by atoms with E-state index in [9.17, 15) is 19.5 Å². The number of carbonyl (C=O) groups excluding carboxylic acids is 2. The number of nitrogens with two attached hydrogens (primary N) is 1. The third-order valence-corrected chi connectivity index (χ3v) is 7.91. The molecule has 0 aliphatic rings. The van der Waals surface area contributed by atoms with Crippen molar-refractivity contribution in [3.8, 4) is 0 Å². The number of rotatable bonds is 32. The molecule has 0 rings (SSSR count). The van der Waals surface area contributed by atoms with Gasteiger partial charge >= 0.3 is 11.9 Å². The van der Waals surface area contributed by atoms with Crippen LogP contribution in [0.2, 0.25) is 0 Å². The predicted molar refractivity (Wildman–Crippen MR) is 188 cm³/mol. The second-order valence-electron chi connectivity index (χ2n) is 12.3. The summed E-state index contributed by atoms with van der Waals surface area (Å²) >= 11 is 0. The molecule has 0 heterocycles. The van der Waals surface area contributed by atoms with Crippen molar-refractivity contribution in [2.45, 2.75) is 180 Å². The van der Waals surface area contributed by atoms with E-state index in [1.807, 2.05) is 6.08 Å². The highest BCUT2D eigenvalue weighted by Gasteiger charge is 2.18. The first kappa shape index (κ1) is 42.6. The van der Waals surface area contributed by atoms with Gasteiger partial charge in [0, 0.05) is 12.8 Å². The number of hydrogen-bond donors (Lipinski definition) is 3. The second kappa shape index (κ2) is 33.0. The molecule has 0 spiro atoms. The van der Waals surface area contributed by atoms with Crippen LogP contribution in [-0.2, 0) is 19.1 Å². The molecule has 0 aromatic rings. The molecule has 0 aliphatic heterocycles. The molecule has 0 aromatic carbocycles. The maximum absolute atomic E-state index is 12.5. The maximum atomic E-state index is 12.5. The molecule has 2 atom stereocenters. The molecule has 7 nitrogen and oxygen atoms in total. The van der Waals surface area contributed by atoms with Crippen LogP contribution in [0.1, 0.15) is 168 Å². The van der Waals surface area contributed by atoms with Crippen LogP contribution < -0.4 is 11.1 Å². The van der Waals surface area contributed by atoms with Crippen molar-refractivity contribution in [3.63, 3.8) is 0 Å². The molecule has 2 unspecified atom stereocenters. The zero-order valence-corrected chi connectivity index (χ0v) is 29.0. The third-order valence-electron chi connectivity index (χ3n) is 7.91. The lowest BCUT2D eigenvalue weighted by molar-refractivity contribution is -0.147. The van der Waals surface area contributed by atoms with Gasteiger partial charge in [0.1, 0.15) is 12.1 Å². The Bertz CT molecular complexity index is 808. The zero-order chi connectivity index (χ0) is 33.2. The minimum Gasteiger partial charge on any atom is -0.480 e. The van der Waals surface area contributed by atoms with Crippen LogP contribution in [0, 0.1) is 0 Å². The summed E-state index contributed by atoms with van der Waals surface area (Å²) in [7, 11) is 0. The van der Waals surface area contributed by atoms with E-state index >= 15 is 0 Å². The SMILES string of the molecule is CCCC/C=C\C(CCCCCCC(=O)NC(CCCN)C(=O)O)OC(=O)CCCCCCC/C=C\C/C=C\CCCCCC. The largest absolute Gasteiger partial charge is 0.480 e. The molecule has 260 valence electrons. The molecule has 0 radical (unpaired) electrons. The smallest absolute Gasteiger partial charge is 0.326 e. The number of amides is 1. The Balaban J connectivity index is 4.11. The van der Waals surface area contributed by atoms with Gasteiger partial charge in [0.2, 0.25) is 5.91 Å². The number of carboxylic acids is 1. The lowest BCUT2D eigenvalue weighted by Crippen LogP contribution is -2.40. The number of hydrogen-bond acceptors (Lipinski definition) is 5. The van der Waals surface area contributed by atoms with Crippen LogP contribution >= 0.6 is 0 Å². The average molecular weight is 633 g/mol. The topological polar surface area (TPSA) is 119 Å². The van der Waals surface area contributed by atoms with E-state index in [1.165, 1.54) is 44.9 Å². The first-order chi connectivity index (χ1) is 21.9. The van der Waals surface area contributed by atoms with Crippen molar-refractivity contribution >= 4 is 17.8 Å². The summed E-state index contributed by atoms with van der Waals surface area (Å²) in [5, 5.41) is 11.8. The van der Waals surface area contributed by atoms with Gasteiger partial charge in [-0.15, -0.1) is 0 Å². The molecule has 0 fully saturated rings. The summed E-state index contributed by atoms with van der Waals surface area (Å²) in [6, 6.07) is -0.870. The van der Waals surface area contributed by atoms with E-state index in [0.29, 0.717) is 38.6 Å². The summed E-state index contributed by atoms with van der Waals surface area (Å²) < 4.78 is 5.83. The summed E-state index contributed by atoms with van der Waals surface area (Å²) in [4.78, 5) is 36.0. The quantitative estimate of drug-likeness (QED) is 0.0386. The van der Waals surface area contributed by atoms with Gasteiger partial charge in [0.05, 0.1) is 0 Å². The number of carboxylic acid groups (broad SMARTS) is 1. The fourth-order valence-electron chi connectivity index (χ4n) is 5.08. The summed E-state index contributed by atoms with van der Waals surface area (Å²) in [6.07, 6.45) is 36.5. The van der Waals surface area contributed by atoms with Crippen molar-refractivity contribution in [1.82, 2.24) is 5.32 Å². The monoisotopic (exact) mass is 633 g/mol. The van der Waals surface area contributed by atoms with Gasteiger partial charge in [-0.2, -0.15) is 0 Å². The summed E-state index contributed by atoms with van der Waals surface area (Å²) in [5.41, 5.74) is 5.45. The van der Waals surface area contributed by atoms with Crippen molar-refractivity contribution in [1.29, 1.82) is 0 Å². The van der Waals surface area contributed by atoms with Crippen molar-refractivity contribution in [2.24, 2.45) is 5.73 Å². The normalized spacial score (nSPS) is 13.1. The van der Waals surface area contributed by atoms with Crippen LogP contribution in [0.25, 0.3) is 0 Å². The minimum absolute atomic E-state index is 0.110. The molecule has 0 bridgehead atoms. The Morgan fingerprint density at radius 1 is 0.667 bits per heavy atom. The fraction of sp³-hybridized carbons (Fsp3) is 0.763. The lowest BCUT2D eigenvalue weighted by Gasteiger charge is -2.15. The van der Waals surface area contributed by atoms with Crippen LogP contribution in [0.3, 0.4) is 0 Å². The molecular weight excluding hydrogens is 564 g/mol. The molecule has 1 amide bonds.